The zero-order valence-corrected chi connectivity index (χ0v) is 10.6. The minimum absolute atomic E-state index is 0.102. The number of carbonyl (C=O) groups excluding carboxylic acids is 1. The number of nitrogens with one attached hydrogen (secondary N) is 1. The van der Waals surface area contributed by atoms with E-state index in [0.717, 1.165) is 12.1 Å². The lowest BCUT2D eigenvalue weighted by Gasteiger charge is -2.16. The maximum absolute atomic E-state index is 12.5. The summed E-state index contributed by atoms with van der Waals surface area (Å²) in [6, 6.07) is 7.96. The second-order valence-corrected chi connectivity index (χ2v) is 4.38. The molecule has 0 radical (unpaired) electrons. The molecule has 0 unspecified atom stereocenters. The van der Waals surface area contributed by atoms with E-state index in [0.29, 0.717) is 18.1 Å². The molecular formula is C14H14N4O. The monoisotopic (exact) mass is 254 g/mol. The zero-order valence-electron chi connectivity index (χ0n) is 10.6. The topological polar surface area (TPSA) is 58.1 Å². The summed E-state index contributed by atoms with van der Waals surface area (Å²) in [5.41, 5.74) is 2.54. The molecule has 0 spiro atoms. The van der Waals surface area contributed by atoms with Crippen LogP contribution in [0.3, 0.4) is 0 Å². The lowest BCUT2D eigenvalue weighted by atomic mass is 10.2. The molecule has 0 atom stereocenters. The number of benzene rings is 1. The Morgan fingerprint density at radius 3 is 3.00 bits per heavy atom. The first-order valence-corrected chi connectivity index (χ1v) is 6.19. The van der Waals surface area contributed by atoms with E-state index in [1.807, 2.05) is 18.2 Å². The predicted molar refractivity (Wildman–Crippen MR) is 73.4 cm³/mol. The molecule has 0 fully saturated rings. The first-order chi connectivity index (χ1) is 9.29. The van der Waals surface area contributed by atoms with Crippen LogP contribution in [0.15, 0.2) is 36.7 Å². The van der Waals surface area contributed by atoms with Gasteiger partial charge in [-0.1, -0.05) is 18.2 Å². The van der Waals surface area contributed by atoms with E-state index >= 15 is 0 Å². The summed E-state index contributed by atoms with van der Waals surface area (Å²) in [5, 5.41) is 2.89. The van der Waals surface area contributed by atoms with Crippen LogP contribution >= 0.6 is 0 Å². The number of hydrogen-bond donors (Lipinski definition) is 1. The average molecular weight is 254 g/mol. The Bertz CT molecular complexity index is 626. The number of para-hydroxylation sites is 1. The van der Waals surface area contributed by atoms with Crippen LogP contribution in [0.4, 0.5) is 11.5 Å². The van der Waals surface area contributed by atoms with Gasteiger partial charge in [0.05, 0.1) is 12.4 Å². The fourth-order valence-corrected chi connectivity index (χ4v) is 2.28. The van der Waals surface area contributed by atoms with Crippen molar-refractivity contribution in [2.45, 2.75) is 6.42 Å². The van der Waals surface area contributed by atoms with E-state index in [2.05, 4.69) is 21.4 Å². The summed E-state index contributed by atoms with van der Waals surface area (Å²) in [5.74, 6) is 0.493. The second kappa shape index (κ2) is 4.68. The summed E-state index contributed by atoms with van der Waals surface area (Å²) < 4.78 is 0. The largest absolute Gasteiger partial charge is 0.372 e. The number of nitrogens with zero attached hydrogens (tertiary/aromatic N) is 3. The normalized spacial score (nSPS) is 13.2. The van der Waals surface area contributed by atoms with Crippen molar-refractivity contribution in [3.05, 3.63) is 47.9 Å². The molecule has 0 saturated carbocycles. The first-order valence-electron chi connectivity index (χ1n) is 6.19. The van der Waals surface area contributed by atoms with Crippen LogP contribution in [0.2, 0.25) is 0 Å². The first kappa shape index (κ1) is 11.6. The maximum atomic E-state index is 12.5. The molecule has 0 bridgehead atoms. The lowest BCUT2D eigenvalue weighted by Crippen LogP contribution is -2.29. The van der Waals surface area contributed by atoms with E-state index in [1.165, 1.54) is 11.8 Å². The molecule has 1 aliphatic rings. The van der Waals surface area contributed by atoms with Crippen molar-refractivity contribution in [2.24, 2.45) is 0 Å². The Balaban J connectivity index is 1.93. The second-order valence-electron chi connectivity index (χ2n) is 4.38. The lowest BCUT2D eigenvalue weighted by molar-refractivity contribution is 0.0984. The van der Waals surface area contributed by atoms with Gasteiger partial charge in [0.1, 0.15) is 11.5 Å². The third-order valence-corrected chi connectivity index (χ3v) is 3.24. The Hall–Kier alpha value is -2.43. The molecule has 1 aliphatic heterocycles. The van der Waals surface area contributed by atoms with Crippen molar-refractivity contribution in [3.8, 4) is 0 Å². The van der Waals surface area contributed by atoms with Gasteiger partial charge in [-0.15, -0.1) is 0 Å². The molecule has 1 amide bonds. The fourth-order valence-electron chi connectivity index (χ4n) is 2.28. The van der Waals surface area contributed by atoms with Gasteiger partial charge in [-0.2, -0.15) is 0 Å². The highest BCUT2D eigenvalue weighted by atomic mass is 16.2. The SMILES string of the molecule is CNc1cncc(C(=O)N2CCc3ccccc32)n1. The van der Waals surface area contributed by atoms with E-state index < -0.39 is 0 Å². The van der Waals surface area contributed by atoms with E-state index in [-0.39, 0.29) is 5.91 Å². The molecule has 19 heavy (non-hydrogen) atoms. The molecule has 5 nitrogen and oxygen atoms in total. The third-order valence-electron chi connectivity index (χ3n) is 3.24. The Morgan fingerprint density at radius 2 is 2.16 bits per heavy atom. The highest BCUT2D eigenvalue weighted by Crippen LogP contribution is 2.28. The molecule has 3 rings (SSSR count). The number of hydrogen-bond acceptors (Lipinski definition) is 4. The molecule has 1 N–H and O–H groups in total. The molecule has 0 saturated heterocycles. The predicted octanol–water partition coefficient (Wildman–Crippen LogP) is 1.72. The summed E-state index contributed by atoms with van der Waals surface area (Å²) in [6.07, 6.45) is 3.99. The third kappa shape index (κ3) is 2.03. The van der Waals surface area contributed by atoms with Gasteiger partial charge >= 0.3 is 0 Å². The molecule has 96 valence electrons. The van der Waals surface area contributed by atoms with Crippen molar-refractivity contribution < 1.29 is 4.79 Å². The zero-order chi connectivity index (χ0) is 13.2. The van der Waals surface area contributed by atoms with Crippen molar-refractivity contribution in [2.75, 3.05) is 23.8 Å². The number of fused-ring (bicyclic) bond motifs is 1. The molecule has 2 aromatic rings. The Labute approximate surface area is 111 Å². The maximum Gasteiger partial charge on any atom is 0.278 e. The highest BCUT2D eigenvalue weighted by molar-refractivity contribution is 6.06. The summed E-state index contributed by atoms with van der Waals surface area (Å²) in [6.45, 7) is 0.698. The van der Waals surface area contributed by atoms with Crippen molar-refractivity contribution in [1.29, 1.82) is 0 Å². The number of anilines is 2. The van der Waals surface area contributed by atoms with Gasteiger partial charge in [0.15, 0.2) is 0 Å². The highest BCUT2D eigenvalue weighted by Gasteiger charge is 2.26. The van der Waals surface area contributed by atoms with Gasteiger partial charge in [0.25, 0.3) is 5.91 Å². The van der Waals surface area contributed by atoms with E-state index in [4.69, 9.17) is 0 Å². The molecule has 2 heterocycles. The molecule has 1 aromatic heterocycles. The standard InChI is InChI=1S/C14H14N4O/c1-15-13-9-16-8-11(17-13)14(19)18-7-6-10-4-2-3-5-12(10)18/h2-5,8-9H,6-7H2,1H3,(H,15,17). The summed E-state index contributed by atoms with van der Waals surface area (Å²) in [4.78, 5) is 22.5. The number of amides is 1. The Morgan fingerprint density at radius 1 is 1.32 bits per heavy atom. The van der Waals surface area contributed by atoms with Crippen LogP contribution in [0.25, 0.3) is 0 Å². The fraction of sp³-hybridized carbons (Fsp3) is 0.214. The van der Waals surface area contributed by atoms with Crippen molar-refractivity contribution in [1.82, 2.24) is 9.97 Å². The molecular weight excluding hydrogens is 240 g/mol. The summed E-state index contributed by atoms with van der Waals surface area (Å²) in [7, 11) is 1.75. The number of rotatable bonds is 2. The minimum atomic E-state index is -0.102. The van der Waals surface area contributed by atoms with Gasteiger partial charge in [0.2, 0.25) is 0 Å². The van der Waals surface area contributed by atoms with Crippen LogP contribution < -0.4 is 10.2 Å². The van der Waals surface area contributed by atoms with Crippen molar-refractivity contribution in [3.63, 3.8) is 0 Å². The van der Waals surface area contributed by atoms with Gasteiger partial charge in [-0.3, -0.25) is 9.78 Å². The Kier molecular flexibility index (Phi) is 2.87. The van der Waals surface area contributed by atoms with Crippen LogP contribution in [0, 0.1) is 0 Å². The van der Waals surface area contributed by atoms with Gasteiger partial charge in [-0.05, 0) is 18.1 Å². The molecule has 1 aromatic carbocycles. The van der Waals surface area contributed by atoms with E-state index in [1.54, 1.807) is 18.1 Å². The van der Waals surface area contributed by atoms with Gasteiger partial charge in [0, 0.05) is 19.3 Å². The van der Waals surface area contributed by atoms with Crippen LogP contribution in [-0.4, -0.2) is 29.5 Å². The van der Waals surface area contributed by atoms with Crippen LogP contribution in [0.5, 0.6) is 0 Å². The van der Waals surface area contributed by atoms with Crippen LogP contribution in [0.1, 0.15) is 16.1 Å². The number of aromatic nitrogens is 2. The van der Waals surface area contributed by atoms with E-state index in [9.17, 15) is 4.79 Å². The van der Waals surface area contributed by atoms with Gasteiger partial charge < -0.3 is 10.2 Å². The van der Waals surface area contributed by atoms with Gasteiger partial charge in [-0.25, -0.2) is 4.98 Å². The molecule has 5 heteroatoms. The average Bonchev–Trinajstić information content (AvgIpc) is 2.90. The quantitative estimate of drug-likeness (QED) is 0.886. The van der Waals surface area contributed by atoms with Crippen molar-refractivity contribution >= 4 is 17.4 Å². The summed E-state index contributed by atoms with van der Waals surface area (Å²) >= 11 is 0. The molecule has 0 aliphatic carbocycles. The number of carbonyl (C=O) groups is 1. The van der Waals surface area contributed by atoms with Crippen LogP contribution in [-0.2, 0) is 6.42 Å². The minimum Gasteiger partial charge on any atom is -0.372 e. The smallest absolute Gasteiger partial charge is 0.278 e.